The number of nitrogens with zero attached hydrogens (tertiary/aromatic N) is 1. The lowest BCUT2D eigenvalue weighted by Crippen LogP contribution is -2.52. The Hall–Kier alpha value is -1.61. The zero-order valence-corrected chi connectivity index (χ0v) is 19.5. The van der Waals surface area contributed by atoms with Gasteiger partial charge in [0.25, 0.3) is 5.91 Å². The van der Waals surface area contributed by atoms with Crippen LogP contribution in [0.1, 0.15) is 49.4 Å². The van der Waals surface area contributed by atoms with Crippen molar-refractivity contribution in [2.45, 2.75) is 50.4 Å². The Kier molecular flexibility index (Phi) is 10.8. The first-order chi connectivity index (χ1) is 14.9. The van der Waals surface area contributed by atoms with Gasteiger partial charge in [0.1, 0.15) is 19.0 Å². The Labute approximate surface area is 189 Å². The van der Waals surface area contributed by atoms with Gasteiger partial charge in [-0.05, 0) is 30.7 Å². The van der Waals surface area contributed by atoms with E-state index >= 15 is 0 Å². The molecule has 2 amide bonds. The van der Waals surface area contributed by atoms with Crippen molar-refractivity contribution in [1.82, 2.24) is 10.2 Å². The molecule has 0 bridgehead atoms. The van der Waals surface area contributed by atoms with E-state index in [0.29, 0.717) is 25.2 Å². The summed E-state index contributed by atoms with van der Waals surface area (Å²) in [4.78, 5) is 27.7. The molecule has 1 aliphatic carbocycles. The minimum absolute atomic E-state index is 0.00632. The van der Waals surface area contributed by atoms with Crippen LogP contribution in [0.25, 0.3) is 0 Å². The fraction of sp³-hybridized carbons (Fsp3) is 0.727. The van der Waals surface area contributed by atoms with Crippen molar-refractivity contribution in [2.24, 2.45) is 5.41 Å². The van der Waals surface area contributed by atoms with Crippen molar-refractivity contribution in [2.75, 3.05) is 47.3 Å². The topological polar surface area (TPSA) is 90.2 Å². The second-order valence-electron chi connectivity index (χ2n) is 8.40. The highest BCUT2D eigenvalue weighted by molar-refractivity contribution is 6.21. The molecule has 2 atom stereocenters. The maximum atomic E-state index is 13.5. The summed E-state index contributed by atoms with van der Waals surface area (Å²) in [6, 6.07) is 0.895. The number of methoxy groups -OCH3 is 2. The van der Waals surface area contributed by atoms with Gasteiger partial charge in [-0.2, -0.15) is 0 Å². The number of hydrogen-bond acceptors (Lipinski definition) is 6. The van der Waals surface area contributed by atoms with Gasteiger partial charge in [-0.25, -0.2) is 0 Å². The Balaban J connectivity index is 2.07. The highest BCUT2D eigenvalue weighted by Gasteiger charge is 2.37. The van der Waals surface area contributed by atoms with Crippen LogP contribution in [0.2, 0.25) is 0 Å². The van der Waals surface area contributed by atoms with Crippen LogP contribution in [0.3, 0.4) is 0 Å². The largest absolute Gasteiger partial charge is 0.472 e. The van der Waals surface area contributed by atoms with Crippen LogP contribution in [0.5, 0.6) is 0 Å². The molecule has 1 heterocycles. The van der Waals surface area contributed by atoms with Crippen molar-refractivity contribution >= 4 is 23.4 Å². The number of hydrogen-bond donors (Lipinski definition) is 1. The molecule has 9 heteroatoms. The molecule has 2 rings (SSSR count). The molecule has 8 nitrogen and oxygen atoms in total. The maximum Gasteiger partial charge on any atom is 0.255 e. The van der Waals surface area contributed by atoms with Crippen LogP contribution in [0.15, 0.2) is 23.0 Å². The fourth-order valence-corrected chi connectivity index (χ4v) is 4.24. The van der Waals surface area contributed by atoms with Gasteiger partial charge in [-0.15, -0.1) is 11.6 Å². The third kappa shape index (κ3) is 8.44. The van der Waals surface area contributed by atoms with Gasteiger partial charge in [0, 0.05) is 20.8 Å². The molecule has 0 saturated heterocycles. The van der Waals surface area contributed by atoms with E-state index in [1.54, 1.807) is 13.2 Å². The molecular formula is C22H35ClN2O6. The molecule has 176 valence electrons. The third-order valence-electron chi connectivity index (χ3n) is 5.64. The molecule has 0 aliphatic heterocycles. The van der Waals surface area contributed by atoms with E-state index in [0.717, 1.165) is 25.7 Å². The van der Waals surface area contributed by atoms with Gasteiger partial charge in [-0.1, -0.05) is 19.8 Å². The van der Waals surface area contributed by atoms with E-state index in [1.165, 1.54) is 24.5 Å². The maximum absolute atomic E-state index is 13.5. The first-order valence-electron chi connectivity index (χ1n) is 10.7. The van der Waals surface area contributed by atoms with Crippen LogP contribution in [-0.2, 0) is 19.0 Å². The Bertz CT molecular complexity index is 663. The van der Waals surface area contributed by atoms with Crippen LogP contribution in [0, 0.1) is 5.41 Å². The predicted octanol–water partition coefficient (Wildman–Crippen LogP) is 3.05. The van der Waals surface area contributed by atoms with E-state index in [4.69, 9.17) is 30.2 Å². The normalized spacial score (nSPS) is 17.3. The van der Waals surface area contributed by atoms with E-state index < -0.39 is 11.4 Å². The van der Waals surface area contributed by atoms with Crippen molar-refractivity contribution < 1.29 is 28.2 Å². The monoisotopic (exact) mass is 458 g/mol. The lowest BCUT2D eigenvalue weighted by molar-refractivity contribution is -0.139. The number of carbonyl (C=O) groups is 2. The van der Waals surface area contributed by atoms with Crippen LogP contribution >= 0.6 is 11.6 Å². The molecule has 1 N–H and O–H groups in total. The molecular weight excluding hydrogens is 424 g/mol. The molecule has 1 fully saturated rings. The fourth-order valence-electron chi connectivity index (χ4n) is 3.99. The Morgan fingerprint density at radius 1 is 1.26 bits per heavy atom. The summed E-state index contributed by atoms with van der Waals surface area (Å²) in [7, 11) is 3.12. The zero-order chi connectivity index (χ0) is 22.7. The minimum atomic E-state index is -0.682. The highest BCUT2D eigenvalue weighted by Crippen LogP contribution is 2.41. The molecule has 0 unspecified atom stereocenters. The van der Waals surface area contributed by atoms with E-state index in [-0.39, 0.29) is 37.1 Å². The molecule has 1 aromatic rings. The summed E-state index contributed by atoms with van der Waals surface area (Å²) < 4.78 is 20.7. The smallest absolute Gasteiger partial charge is 0.255 e. The number of carbonyl (C=O) groups excluding carboxylic acids is 2. The number of halogens is 1. The summed E-state index contributed by atoms with van der Waals surface area (Å²) >= 11 is 6.41. The summed E-state index contributed by atoms with van der Waals surface area (Å²) in [5, 5.41) is 2.49. The molecule has 1 aromatic heterocycles. The predicted molar refractivity (Wildman–Crippen MR) is 117 cm³/mol. The van der Waals surface area contributed by atoms with Crippen molar-refractivity contribution in [3.05, 3.63) is 24.2 Å². The molecule has 31 heavy (non-hydrogen) atoms. The SMILES string of the molecule is COCCOC[C@H](Cl)CN(COC)C(=O)[C@H](CC1(C)CCCC1)NC(=O)c1ccoc1. The van der Waals surface area contributed by atoms with Gasteiger partial charge >= 0.3 is 0 Å². The van der Waals surface area contributed by atoms with Gasteiger partial charge < -0.3 is 28.8 Å². The average Bonchev–Trinajstić information content (AvgIpc) is 3.42. The molecule has 0 spiro atoms. The van der Waals surface area contributed by atoms with Gasteiger partial charge in [0.15, 0.2) is 0 Å². The summed E-state index contributed by atoms with van der Waals surface area (Å²) in [5.41, 5.74) is 0.390. The summed E-state index contributed by atoms with van der Waals surface area (Å²) in [6.07, 6.45) is 7.71. The van der Waals surface area contributed by atoms with E-state index in [9.17, 15) is 9.59 Å². The van der Waals surface area contributed by atoms with Gasteiger partial charge in [0.05, 0.1) is 37.0 Å². The second kappa shape index (κ2) is 13.1. The van der Waals surface area contributed by atoms with Gasteiger partial charge in [0.2, 0.25) is 5.91 Å². The third-order valence-corrected chi connectivity index (χ3v) is 5.90. The number of amides is 2. The number of alkyl halides is 1. The van der Waals surface area contributed by atoms with Crippen LogP contribution in [-0.4, -0.2) is 75.4 Å². The highest BCUT2D eigenvalue weighted by atomic mass is 35.5. The number of nitrogens with one attached hydrogen (secondary N) is 1. The minimum Gasteiger partial charge on any atom is -0.472 e. The van der Waals surface area contributed by atoms with E-state index in [1.807, 2.05) is 0 Å². The lowest BCUT2D eigenvalue weighted by Gasteiger charge is -2.33. The molecule has 0 aromatic carbocycles. The second-order valence-corrected chi connectivity index (χ2v) is 9.02. The quantitative estimate of drug-likeness (QED) is 0.262. The Morgan fingerprint density at radius 3 is 2.61 bits per heavy atom. The number of furan rings is 1. The van der Waals surface area contributed by atoms with E-state index in [2.05, 4.69) is 12.2 Å². The first-order valence-corrected chi connectivity index (χ1v) is 11.1. The molecule has 0 radical (unpaired) electrons. The van der Waals surface area contributed by atoms with Crippen molar-refractivity contribution in [1.29, 1.82) is 0 Å². The summed E-state index contributed by atoms with van der Waals surface area (Å²) in [6.45, 7) is 3.69. The molecule has 1 saturated carbocycles. The number of ether oxygens (including phenoxy) is 3. The number of rotatable bonds is 14. The zero-order valence-electron chi connectivity index (χ0n) is 18.7. The van der Waals surface area contributed by atoms with Gasteiger partial charge in [-0.3, -0.25) is 9.59 Å². The average molecular weight is 459 g/mol. The van der Waals surface area contributed by atoms with Crippen LogP contribution in [0.4, 0.5) is 0 Å². The van der Waals surface area contributed by atoms with Crippen molar-refractivity contribution in [3.8, 4) is 0 Å². The van der Waals surface area contributed by atoms with Crippen LogP contribution < -0.4 is 5.32 Å². The standard InChI is InChI=1S/C22H35ClN2O6/c1-22(7-4-5-8-22)12-19(24-20(26)17-6-9-30-14-17)21(27)25(16-29-3)13-18(23)15-31-11-10-28-2/h6,9,14,18-19H,4-5,7-8,10-13,15-16H2,1-3H3,(H,24,26)/t18-,19+/m1/s1. The first kappa shape index (κ1) is 25.6. The Morgan fingerprint density at radius 2 is 2.00 bits per heavy atom. The lowest BCUT2D eigenvalue weighted by atomic mass is 9.81. The van der Waals surface area contributed by atoms with Crippen molar-refractivity contribution in [3.63, 3.8) is 0 Å². The summed E-state index contributed by atoms with van der Waals surface area (Å²) in [5.74, 6) is -0.550. The molecule has 1 aliphatic rings.